The molecule has 2 N–H and O–H groups in total. The average molecular weight is 338 g/mol. The first kappa shape index (κ1) is 17.0. The molecule has 3 rings (SSSR count). The Bertz CT molecular complexity index is 773. The van der Waals surface area contributed by atoms with Crippen molar-refractivity contribution in [2.75, 3.05) is 11.9 Å². The number of hydrogen-bond donors (Lipinski definition) is 2. The van der Waals surface area contributed by atoms with E-state index in [1.165, 1.54) is 18.1 Å². The van der Waals surface area contributed by atoms with E-state index in [0.717, 1.165) is 19.3 Å². The lowest BCUT2D eigenvalue weighted by molar-refractivity contribution is -0.124. The van der Waals surface area contributed by atoms with E-state index < -0.39 is 0 Å². The smallest absolute Gasteiger partial charge is 0.258 e. The van der Waals surface area contributed by atoms with Crippen LogP contribution < -0.4 is 15.4 Å². The largest absolute Gasteiger partial charge is 0.482 e. The van der Waals surface area contributed by atoms with Gasteiger partial charge in [0.2, 0.25) is 5.91 Å². The number of benzene rings is 2. The van der Waals surface area contributed by atoms with Crippen molar-refractivity contribution >= 4 is 17.5 Å². The number of rotatable bonds is 5. The zero-order chi connectivity index (χ0) is 17.6. The third-order valence-corrected chi connectivity index (χ3v) is 4.26. The number of nitrogens with one attached hydrogen (secondary N) is 2. The van der Waals surface area contributed by atoms with Crippen molar-refractivity contribution in [3.8, 4) is 5.75 Å². The Morgan fingerprint density at radius 3 is 2.72 bits per heavy atom. The predicted molar refractivity (Wildman–Crippen MR) is 96.5 cm³/mol. The summed E-state index contributed by atoms with van der Waals surface area (Å²) in [6.45, 7) is 1.35. The minimum absolute atomic E-state index is 0.0339. The Balaban J connectivity index is 1.60. The molecule has 0 heterocycles. The fourth-order valence-electron chi connectivity index (χ4n) is 3.17. The molecule has 1 aliphatic rings. The van der Waals surface area contributed by atoms with E-state index in [-0.39, 0.29) is 24.5 Å². The van der Waals surface area contributed by atoms with Crippen molar-refractivity contribution in [2.24, 2.45) is 0 Å². The second kappa shape index (κ2) is 7.83. The maximum Gasteiger partial charge on any atom is 0.258 e. The molecule has 0 aromatic heterocycles. The van der Waals surface area contributed by atoms with E-state index in [4.69, 9.17) is 4.74 Å². The molecule has 0 saturated heterocycles. The molecule has 0 spiro atoms. The number of carbonyl (C=O) groups is 2. The zero-order valence-corrected chi connectivity index (χ0v) is 14.2. The molecular weight excluding hydrogens is 316 g/mol. The van der Waals surface area contributed by atoms with Gasteiger partial charge >= 0.3 is 0 Å². The Hall–Kier alpha value is -2.82. The van der Waals surface area contributed by atoms with Crippen LogP contribution in [0.3, 0.4) is 0 Å². The first-order chi connectivity index (χ1) is 12.1. The molecule has 130 valence electrons. The van der Waals surface area contributed by atoms with Gasteiger partial charge in [0.15, 0.2) is 6.61 Å². The summed E-state index contributed by atoms with van der Waals surface area (Å²) < 4.78 is 5.60. The number of amides is 2. The van der Waals surface area contributed by atoms with Crippen molar-refractivity contribution in [2.45, 2.75) is 32.2 Å². The zero-order valence-electron chi connectivity index (χ0n) is 14.2. The van der Waals surface area contributed by atoms with Crippen LogP contribution in [-0.4, -0.2) is 18.4 Å². The SMILES string of the molecule is CC(=O)Nc1ccccc1OCC(=O)N[C@@H]1CCCc2ccccc21. The second-order valence-electron chi connectivity index (χ2n) is 6.18. The van der Waals surface area contributed by atoms with Gasteiger partial charge in [-0.2, -0.15) is 0 Å². The van der Waals surface area contributed by atoms with E-state index >= 15 is 0 Å². The lowest BCUT2D eigenvalue weighted by Gasteiger charge is -2.26. The van der Waals surface area contributed by atoms with Crippen LogP contribution in [0.15, 0.2) is 48.5 Å². The van der Waals surface area contributed by atoms with E-state index in [0.29, 0.717) is 11.4 Å². The first-order valence-corrected chi connectivity index (χ1v) is 8.50. The van der Waals surface area contributed by atoms with Crippen LogP contribution in [0.1, 0.15) is 36.9 Å². The van der Waals surface area contributed by atoms with E-state index in [1.54, 1.807) is 24.3 Å². The van der Waals surface area contributed by atoms with Crippen LogP contribution in [0.5, 0.6) is 5.75 Å². The molecular formula is C20H22N2O3. The molecule has 0 fully saturated rings. The summed E-state index contributed by atoms with van der Waals surface area (Å²) in [6.07, 6.45) is 3.06. The summed E-state index contributed by atoms with van der Waals surface area (Å²) in [5.41, 5.74) is 3.06. The molecule has 1 aliphatic carbocycles. The summed E-state index contributed by atoms with van der Waals surface area (Å²) >= 11 is 0. The van der Waals surface area contributed by atoms with Crippen LogP contribution in [0.25, 0.3) is 0 Å². The molecule has 0 aliphatic heterocycles. The van der Waals surface area contributed by atoms with Gasteiger partial charge in [0, 0.05) is 6.92 Å². The predicted octanol–water partition coefficient (Wildman–Crippen LogP) is 3.22. The van der Waals surface area contributed by atoms with Crippen LogP contribution in [-0.2, 0) is 16.0 Å². The molecule has 25 heavy (non-hydrogen) atoms. The molecule has 0 unspecified atom stereocenters. The number of aryl methyl sites for hydroxylation is 1. The second-order valence-corrected chi connectivity index (χ2v) is 6.18. The number of anilines is 1. The molecule has 2 amide bonds. The molecule has 5 heteroatoms. The summed E-state index contributed by atoms with van der Waals surface area (Å²) in [5, 5.41) is 5.75. The molecule has 1 atom stereocenters. The third-order valence-electron chi connectivity index (χ3n) is 4.26. The van der Waals surface area contributed by atoms with Crippen molar-refractivity contribution in [3.63, 3.8) is 0 Å². The minimum atomic E-state index is -0.181. The van der Waals surface area contributed by atoms with Gasteiger partial charge in [-0.25, -0.2) is 0 Å². The van der Waals surface area contributed by atoms with Crippen LogP contribution in [0.4, 0.5) is 5.69 Å². The van der Waals surface area contributed by atoms with E-state index in [1.807, 2.05) is 12.1 Å². The standard InChI is InChI=1S/C20H22N2O3/c1-14(23)21-18-10-4-5-12-19(18)25-13-20(24)22-17-11-6-8-15-7-2-3-9-16(15)17/h2-5,7,9-10,12,17H,6,8,11,13H2,1H3,(H,21,23)(H,22,24)/t17-/m1/s1. The van der Waals surface area contributed by atoms with Crippen LogP contribution >= 0.6 is 0 Å². The highest BCUT2D eigenvalue weighted by Gasteiger charge is 2.21. The number of carbonyl (C=O) groups excluding carboxylic acids is 2. The highest BCUT2D eigenvalue weighted by molar-refractivity contribution is 5.90. The molecule has 2 aromatic carbocycles. The Kier molecular flexibility index (Phi) is 5.33. The number of hydrogen-bond acceptors (Lipinski definition) is 3. The molecule has 5 nitrogen and oxygen atoms in total. The maximum absolute atomic E-state index is 12.3. The van der Waals surface area contributed by atoms with Crippen molar-refractivity contribution < 1.29 is 14.3 Å². The Morgan fingerprint density at radius 2 is 1.88 bits per heavy atom. The summed E-state index contributed by atoms with van der Waals surface area (Å²) in [6, 6.07) is 15.3. The first-order valence-electron chi connectivity index (χ1n) is 8.50. The molecule has 0 bridgehead atoms. The van der Waals surface area contributed by atoms with Gasteiger partial charge in [0.05, 0.1) is 11.7 Å². The fraction of sp³-hybridized carbons (Fsp3) is 0.300. The topological polar surface area (TPSA) is 67.4 Å². The van der Waals surface area contributed by atoms with Crippen molar-refractivity contribution in [3.05, 3.63) is 59.7 Å². The van der Waals surface area contributed by atoms with Gasteiger partial charge in [-0.1, -0.05) is 36.4 Å². The quantitative estimate of drug-likeness (QED) is 0.879. The van der Waals surface area contributed by atoms with Gasteiger partial charge in [-0.05, 0) is 42.5 Å². The Labute approximate surface area is 147 Å². The van der Waals surface area contributed by atoms with Gasteiger partial charge < -0.3 is 15.4 Å². The van der Waals surface area contributed by atoms with Gasteiger partial charge in [0.1, 0.15) is 5.75 Å². The van der Waals surface area contributed by atoms with Crippen LogP contribution in [0, 0.1) is 0 Å². The lowest BCUT2D eigenvalue weighted by atomic mass is 9.88. The van der Waals surface area contributed by atoms with E-state index in [9.17, 15) is 9.59 Å². The summed E-state index contributed by atoms with van der Waals surface area (Å²) in [5.74, 6) is 0.135. The highest BCUT2D eigenvalue weighted by Crippen LogP contribution is 2.29. The van der Waals surface area contributed by atoms with Gasteiger partial charge in [-0.15, -0.1) is 0 Å². The minimum Gasteiger partial charge on any atom is -0.482 e. The Morgan fingerprint density at radius 1 is 1.12 bits per heavy atom. The normalized spacial score (nSPS) is 15.8. The number of fused-ring (bicyclic) bond motifs is 1. The lowest BCUT2D eigenvalue weighted by Crippen LogP contribution is -2.34. The summed E-state index contributed by atoms with van der Waals surface area (Å²) in [4.78, 5) is 23.5. The van der Waals surface area contributed by atoms with Gasteiger partial charge in [-0.3, -0.25) is 9.59 Å². The fourth-order valence-corrected chi connectivity index (χ4v) is 3.17. The van der Waals surface area contributed by atoms with Crippen molar-refractivity contribution in [1.29, 1.82) is 0 Å². The van der Waals surface area contributed by atoms with Gasteiger partial charge in [0.25, 0.3) is 5.91 Å². The summed E-state index contributed by atoms with van der Waals surface area (Å²) in [7, 11) is 0. The van der Waals surface area contributed by atoms with Crippen molar-refractivity contribution in [1.82, 2.24) is 5.32 Å². The average Bonchev–Trinajstić information content (AvgIpc) is 2.61. The molecule has 0 radical (unpaired) electrons. The monoisotopic (exact) mass is 338 g/mol. The van der Waals surface area contributed by atoms with E-state index in [2.05, 4.69) is 22.8 Å². The number of ether oxygens (including phenoxy) is 1. The maximum atomic E-state index is 12.3. The molecule has 0 saturated carbocycles. The third kappa shape index (κ3) is 4.38. The molecule has 2 aromatic rings. The highest BCUT2D eigenvalue weighted by atomic mass is 16.5. The number of para-hydroxylation sites is 2. The van der Waals surface area contributed by atoms with Crippen LogP contribution in [0.2, 0.25) is 0 Å².